The van der Waals surface area contributed by atoms with E-state index < -0.39 is 0 Å². The van der Waals surface area contributed by atoms with Crippen LogP contribution in [-0.2, 0) is 4.79 Å². The molecular weight excluding hydrogens is 284 g/mol. The van der Waals surface area contributed by atoms with Gasteiger partial charge in [-0.25, -0.2) is 0 Å². The fraction of sp³-hybridized carbons (Fsp3) is 0.182. The highest BCUT2D eigenvalue weighted by Crippen LogP contribution is 2.21. The maximum Gasteiger partial charge on any atom is 0.219 e. The molecule has 0 spiro atoms. The summed E-state index contributed by atoms with van der Waals surface area (Å²) in [5.41, 5.74) is 7.50. The third-order valence-electron chi connectivity index (χ3n) is 2.23. The molecule has 6 heteroatoms. The summed E-state index contributed by atoms with van der Waals surface area (Å²) in [4.78, 5) is 19.2. The number of halogens is 1. The van der Waals surface area contributed by atoms with Gasteiger partial charge in [-0.15, -0.1) is 0 Å². The molecule has 88 valence electrons. The number of hydrogen-bond acceptors (Lipinski definition) is 4. The molecule has 0 saturated carbocycles. The zero-order chi connectivity index (χ0) is 12.3. The first kappa shape index (κ1) is 11.8. The summed E-state index contributed by atoms with van der Waals surface area (Å²) in [6.07, 6.45) is 3.70. The molecule has 0 aliphatic heterocycles. The molecule has 0 aliphatic carbocycles. The lowest BCUT2D eigenvalue weighted by Gasteiger charge is -2.07. The van der Waals surface area contributed by atoms with E-state index in [0.29, 0.717) is 13.0 Å². The van der Waals surface area contributed by atoms with Gasteiger partial charge in [0.05, 0.1) is 11.2 Å². The van der Waals surface area contributed by atoms with Gasteiger partial charge in [-0.1, -0.05) is 0 Å². The fourth-order valence-corrected chi connectivity index (χ4v) is 1.79. The summed E-state index contributed by atoms with van der Waals surface area (Å²) in [5, 5.41) is 3.12. The molecule has 17 heavy (non-hydrogen) atoms. The van der Waals surface area contributed by atoms with Crippen molar-refractivity contribution in [3.05, 3.63) is 29.0 Å². The van der Waals surface area contributed by atoms with Gasteiger partial charge < -0.3 is 11.1 Å². The van der Waals surface area contributed by atoms with Crippen molar-refractivity contribution in [2.45, 2.75) is 6.42 Å². The quantitative estimate of drug-likeness (QED) is 0.899. The summed E-state index contributed by atoms with van der Waals surface area (Å²) < 4.78 is 0.881. The van der Waals surface area contributed by atoms with Gasteiger partial charge in [-0.2, -0.15) is 0 Å². The predicted molar refractivity (Wildman–Crippen MR) is 69.5 cm³/mol. The maximum absolute atomic E-state index is 10.6. The van der Waals surface area contributed by atoms with Gasteiger partial charge in [0.15, 0.2) is 0 Å². The average molecular weight is 295 g/mol. The number of anilines is 1. The number of fused-ring (bicyclic) bond motifs is 1. The molecule has 0 radical (unpaired) electrons. The minimum absolute atomic E-state index is 0.292. The Hall–Kier alpha value is -1.69. The number of nitrogens with two attached hydrogens (primary N) is 1. The van der Waals surface area contributed by atoms with Crippen molar-refractivity contribution in [1.82, 2.24) is 9.97 Å². The number of rotatable bonds is 4. The van der Waals surface area contributed by atoms with Crippen LogP contribution in [0.1, 0.15) is 6.42 Å². The van der Waals surface area contributed by atoms with Gasteiger partial charge in [0.1, 0.15) is 5.52 Å². The van der Waals surface area contributed by atoms with Gasteiger partial charge in [-0.3, -0.25) is 14.8 Å². The highest BCUT2D eigenvalue weighted by atomic mass is 79.9. The molecular formula is C11H11BrN4O. The van der Waals surface area contributed by atoms with Crippen LogP contribution >= 0.6 is 15.9 Å². The highest BCUT2D eigenvalue weighted by Gasteiger charge is 2.03. The van der Waals surface area contributed by atoms with Gasteiger partial charge in [0.2, 0.25) is 5.91 Å². The Labute approximate surface area is 107 Å². The Balaban J connectivity index is 2.25. The molecule has 3 N–H and O–H groups in total. The summed E-state index contributed by atoms with van der Waals surface area (Å²) in [5.74, 6) is -0.327. The van der Waals surface area contributed by atoms with E-state index >= 15 is 0 Å². The number of carbonyl (C=O) groups excluding carboxylic acids is 1. The smallest absolute Gasteiger partial charge is 0.219 e. The number of nitrogens with one attached hydrogen (secondary N) is 1. The lowest BCUT2D eigenvalue weighted by Crippen LogP contribution is -2.16. The summed E-state index contributed by atoms with van der Waals surface area (Å²) in [6.45, 7) is 0.492. The lowest BCUT2D eigenvalue weighted by atomic mass is 10.2. The minimum atomic E-state index is -0.327. The van der Waals surface area contributed by atoms with E-state index in [4.69, 9.17) is 5.73 Å². The van der Waals surface area contributed by atoms with Crippen LogP contribution in [0.4, 0.5) is 5.69 Å². The summed E-state index contributed by atoms with van der Waals surface area (Å²) in [7, 11) is 0. The van der Waals surface area contributed by atoms with Crippen LogP contribution in [0, 0.1) is 0 Å². The molecule has 2 aromatic rings. The van der Waals surface area contributed by atoms with Gasteiger partial charge >= 0.3 is 0 Å². The van der Waals surface area contributed by atoms with E-state index in [0.717, 1.165) is 21.2 Å². The van der Waals surface area contributed by atoms with E-state index in [1.165, 1.54) is 0 Å². The second-order valence-corrected chi connectivity index (χ2v) is 4.44. The molecule has 0 aromatic carbocycles. The molecule has 0 aliphatic rings. The number of carbonyl (C=O) groups is 1. The number of aromatic nitrogens is 2. The zero-order valence-corrected chi connectivity index (χ0v) is 10.6. The lowest BCUT2D eigenvalue weighted by molar-refractivity contribution is -0.117. The highest BCUT2D eigenvalue weighted by molar-refractivity contribution is 9.10. The van der Waals surface area contributed by atoms with Crippen molar-refractivity contribution in [1.29, 1.82) is 0 Å². The van der Waals surface area contributed by atoms with Crippen molar-refractivity contribution in [3.8, 4) is 0 Å². The molecule has 1 amide bonds. The van der Waals surface area contributed by atoms with Crippen molar-refractivity contribution in [2.75, 3.05) is 11.9 Å². The van der Waals surface area contributed by atoms with Crippen LogP contribution in [0.3, 0.4) is 0 Å². The Morgan fingerprint density at radius 2 is 2.29 bits per heavy atom. The van der Waals surface area contributed by atoms with Crippen LogP contribution in [0.25, 0.3) is 11.0 Å². The number of hydrogen-bond donors (Lipinski definition) is 2. The van der Waals surface area contributed by atoms with Gasteiger partial charge in [0.25, 0.3) is 0 Å². The first-order valence-electron chi connectivity index (χ1n) is 5.09. The predicted octanol–water partition coefficient (Wildman–Crippen LogP) is 1.68. The Kier molecular flexibility index (Phi) is 3.53. The first-order chi connectivity index (χ1) is 8.16. The maximum atomic E-state index is 10.6. The van der Waals surface area contributed by atoms with Gasteiger partial charge in [-0.05, 0) is 28.1 Å². The van der Waals surface area contributed by atoms with E-state index in [1.54, 1.807) is 12.4 Å². The molecule has 0 saturated heterocycles. The molecule has 2 rings (SSSR count). The SMILES string of the molecule is NC(=O)CCNc1ccnc2cc(Br)cnc12. The largest absolute Gasteiger partial charge is 0.383 e. The third kappa shape index (κ3) is 2.91. The fourth-order valence-electron chi connectivity index (χ4n) is 1.47. The van der Waals surface area contributed by atoms with Crippen molar-refractivity contribution in [2.24, 2.45) is 5.73 Å². The average Bonchev–Trinajstić information content (AvgIpc) is 2.28. The van der Waals surface area contributed by atoms with Crippen molar-refractivity contribution >= 4 is 38.6 Å². The number of amides is 1. The summed E-state index contributed by atoms with van der Waals surface area (Å²) >= 11 is 3.34. The van der Waals surface area contributed by atoms with Crippen LogP contribution < -0.4 is 11.1 Å². The Bertz CT molecular complexity index is 558. The molecule has 2 heterocycles. The van der Waals surface area contributed by atoms with Crippen LogP contribution in [0.2, 0.25) is 0 Å². The van der Waals surface area contributed by atoms with Crippen molar-refractivity contribution < 1.29 is 4.79 Å². The molecule has 0 fully saturated rings. The van der Waals surface area contributed by atoms with Crippen LogP contribution in [-0.4, -0.2) is 22.4 Å². The van der Waals surface area contributed by atoms with Crippen molar-refractivity contribution in [3.63, 3.8) is 0 Å². The standard InChI is InChI=1S/C11H11BrN4O/c12-7-5-9-11(16-6-7)8(1-3-15-9)14-4-2-10(13)17/h1,3,5-6H,2,4H2,(H2,13,17)(H,14,15). The topological polar surface area (TPSA) is 80.9 Å². The Morgan fingerprint density at radius 3 is 3.06 bits per heavy atom. The second kappa shape index (κ2) is 5.09. The normalized spacial score (nSPS) is 10.4. The molecule has 5 nitrogen and oxygen atoms in total. The van der Waals surface area contributed by atoms with Crippen LogP contribution in [0.15, 0.2) is 29.0 Å². The Morgan fingerprint density at radius 1 is 1.47 bits per heavy atom. The van der Waals surface area contributed by atoms with E-state index in [1.807, 2.05) is 12.1 Å². The van der Waals surface area contributed by atoms with E-state index in [2.05, 4.69) is 31.2 Å². The third-order valence-corrected chi connectivity index (χ3v) is 2.66. The minimum Gasteiger partial charge on any atom is -0.383 e. The zero-order valence-electron chi connectivity index (χ0n) is 8.98. The summed E-state index contributed by atoms with van der Waals surface area (Å²) in [6, 6.07) is 3.71. The number of primary amides is 1. The molecule has 0 bridgehead atoms. The monoisotopic (exact) mass is 294 g/mol. The van der Waals surface area contributed by atoms with E-state index in [9.17, 15) is 4.79 Å². The molecule has 0 unspecified atom stereocenters. The van der Waals surface area contributed by atoms with Crippen LogP contribution in [0.5, 0.6) is 0 Å². The molecule has 0 atom stereocenters. The second-order valence-electron chi connectivity index (χ2n) is 3.52. The molecule has 2 aromatic heterocycles. The first-order valence-corrected chi connectivity index (χ1v) is 5.88. The number of nitrogens with zero attached hydrogens (tertiary/aromatic N) is 2. The number of pyridine rings is 2. The van der Waals surface area contributed by atoms with Gasteiger partial charge in [0, 0.05) is 29.8 Å². The van der Waals surface area contributed by atoms with E-state index in [-0.39, 0.29) is 5.91 Å².